The Morgan fingerprint density at radius 3 is 2.50 bits per heavy atom. The highest BCUT2D eigenvalue weighted by Crippen LogP contribution is 2.39. The van der Waals surface area contributed by atoms with Crippen molar-refractivity contribution in [1.82, 2.24) is 0 Å². The molecule has 1 aromatic rings. The molecule has 2 unspecified atom stereocenters. The van der Waals surface area contributed by atoms with Gasteiger partial charge in [-0.25, -0.2) is 0 Å². The third-order valence-electron chi connectivity index (χ3n) is 2.69. The molecule has 0 radical (unpaired) electrons. The predicted octanol–water partition coefficient (Wildman–Crippen LogP) is 3.72. The van der Waals surface area contributed by atoms with Crippen molar-refractivity contribution in [3.05, 3.63) is 32.3 Å². The lowest BCUT2D eigenvalue weighted by atomic mass is 10.2. The molecule has 0 spiro atoms. The van der Waals surface area contributed by atoms with E-state index in [2.05, 4.69) is 12.2 Å². The molecular weight excluding hydrogens is 251 g/mol. The smallest absolute Gasteiger partial charge is 0.293 e. The van der Waals surface area contributed by atoms with E-state index < -0.39 is 4.92 Å². The topological polar surface area (TPSA) is 55.2 Å². The van der Waals surface area contributed by atoms with E-state index in [-0.39, 0.29) is 10.7 Å². The van der Waals surface area contributed by atoms with Crippen LogP contribution in [0, 0.1) is 16.0 Å². The van der Waals surface area contributed by atoms with Gasteiger partial charge in [-0.1, -0.05) is 30.1 Å². The number of hydrogen-bond acceptors (Lipinski definition) is 3. The normalized spacial score (nSPS) is 22.9. The highest BCUT2D eigenvalue weighted by molar-refractivity contribution is 6.42. The summed E-state index contributed by atoms with van der Waals surface area (Å²) in [5.74, 6) is 0.550. The van der Waals surface area contributed by atoms with Crippen LogP contribution in [0.3, 0.4) is 0 Å². The highest BCUT2D eigenvalue weighted by atomic mass is 35.5. The second-order valence-corrected chi connectivity index (χ2v) is 4.82. The third-order valence-corrected chi connectivity index (χ3v) is 3.41. The largest absolute Gasteiger partial charge is 0.376 e. The highest BCUT2D eigenvalue weighted by Gasteiger charge is 2.34. The first kappa shape index (κ1) is 11.5. The lowest BCUT2D eigenvalue weighted by molar-refractivity contribution is -0.383. The van der Waals surface area contributed by atoms with Gasteiger partial charge in [0.15, 0.2) is 0 Å². The van der Waals surface area contributed by atoms with E-state index in [9.17, 15) is 10.1 Å². The fourth-order valence-corrected chi connectivity index (χ4v) is 1.85. The zero-order valence-corrected chi connectivity index (χ0v) is 10.0. The molecular formula is C10H10Cl2N2O2. The molecule has 1 N–H and O–H groups in total. The zero-order chi connectivity index (χ0) is 11.9. The minimum absolute atomic E-state index is 0.0338. The van der Waals surface area contributed by atoms with E-state index in [1.165, 1.54) is 12.1 Å². The molecule has 0 aromatic heterocycles. The van der Waals surface area contributed by atoms with Gasteiger partial charge >= 0.3 is 0 Å². The fourth-order valence-electron chi connectivity index (χ4n) is 1.53. The van der Waals surface area contributed by atoms with Crippen molar-refractivity contribution in [3.63, 3.8) is 0 Å². The van der Waals surface area contributed by atoms with Crippen molar-refractivity contribution in [2.45, 2.75) is 19.4 Å². The van der Waals surface area contributed by atoms with Crippen molar-refractivity contribution in [1.29, 1.82) is 0 Å². The maximum absolute atomic E-state index is 10.8. The maximum Gasteiger partial charge on any atom is 0.293 e. The lowest BCUT2D eigenvalue weighted by Crippen LogP contribution is -2.06. The van der Waals surface area contributed by atoms with Gasteiger partial charge in [0, 0.05) is 12.1 Å². The van der Waals surface area contributed by atoms with Crippen LogP contribution in [-0.4, -0.2) is 11.0 Å². The molecule has 2 atom stereocenters. The van der Waals surface area contributed by atoms with Crippen molar-refractivity contribution in [2.24, 2.45) is 5.92 Å². The van der Waals surface area contributed by atoms with Crippen LogP contribution in [-0.2, 0) is 0 Å². The molecule has 0 bridgehead atoms. The summed E-state index contributed by atoms with van der Waals surface area (Å²) in [6.45, 7) is 2.08. The molecule has 4 nitrogen and oxygen atoms in total. The molecule has 16 heavy (non-hydrogen) atoms. The molecule has 86 valence electrons. The molecule has 6 heteroatoms. The van der Waals surface area contributed by atoms with Gasteiger partial charge in [-0.2, -0.15) is 0 Å². The van der Waals surface area contributed by atoms with Gasteiger partial charge in [0.2, 0.25) is 0 Å². The second kappa shape index (κ2) is 4.11. The Labute approximate surface area is 103 Å². The average molecular weight is 261 g/mol. The van der Waals surface area contributed by atoms with Crippen LogP contribution < -0.4 is 5.32 Å². The number of hydrogen-bond donors (Lipinski definition) is 1. The van der Waals surface area contributed by atoms with E-state index in [0.717, 1.165) is 6.42 Å². The van der Waals surface area contributed by atoms with Gasteiger partial charge in [-0.3, -0.25) is 10.1 Å². The first-order valence-corrected chi connectivity index (χ1v) is 5.64. The molecule has 0 amide bonds. The number of anilines is 1. The summed E-state index contributed by atoms with van der Waals surface area (Å²) in [4.78, 5) is 10.4. The Balaban J connectivity index is 2.33. The first-order valence-electron chi connectivity index (χ1n) is 4.89. The fraction of sp³-hybridized carbons (Fsp3) is 0.400. The van der Waals surface area contributed by atoms with Gasteiger partial charge < -0.3 is 5.32 Å². The molecule has 0 saturated heterocycles. The van der Waals surface area contributed by atoms with Crippen molar-refractivity contribution < 1.29 is 4.92 Å². The number of halogens is 2. The van der Waals surface area contributed by atoms with Crippen LogP contribution in [0.5, 0.6) is 0 Å². The van der Waals surface area contributed by atoms with Crippen LogP contribution >= 0.6 is 23.2 Å². The SMILES string of the molecule is CC1CC1Nc1cc(Cl)c(Cl)cc1[N+](=O)[O-]. The second-order valence-electron chi connectivity index (χ2n) is 4.00. The number of rotatable bonds is 3. The summed E-state index contributed by atoms with van der Waals surface area (Å²) in [7, 11) is 0. The molecule has 1 aromatic carbocycles. The van der Waals surface area contributed by atoms with Crippen molar-refractivity contribution in [2.75, 3.05) is 5.32 Å². The van der Waals surface area contributed by atoms with Gasteiger partial charge in [-0.05, 0) is 18.4 Å². The molecule has 0 aliphatic heterocycles. The monoisotopic (exact) mass is 260 g/mol. The summed E-state index contributed by atoms with van der Waals surface area (Å²) in [5, 5.41) is 14.5. The van der Waals surface area contributed by atoms with Gasteiger partial charge in [0.05, 0.1) is 15.0 Å². The Kier molecular flexibility index (Phi) is 2.95. The van der Waals surface area contributed by atoms with E-state index in [0.29, 0.717) is 22.7 Å². The summed E-state index contributed by atoms with van der Waals surface area (Å²) in [5.41, 5.74) is 0.405. The van der Waals surface area contributed by atoms with E-state index in [1.54, 1.807) is 0 Å². The third kappa shape index (κ3) is 2.23. The lowest BCUT2D eigenvalue weighted by Gasteiger charge is -2.07. The van der Waals surface area contributed by atoms with Crippen molar-refractivity contribution >= 4 is 34.6 Å². The van der Waals surface area contributed by atoms with Gasteiger partial charge in [0.25, 0.3) is 5.69 Å². The molecule has 2 rings (SSSR count). The molecule has 1 saturated carbocycles. The van der Waals surface area contributed by atoms with E-state index in [1.807, 2.05) is 0 Å². The molecule has 1 aliphatic carbocycles. The van der Waals surface area contributed by atoms with Crippen LogP contribution in [0.15, 0.2) is 12.1 Å². The standard InChI is InChI=1S/C10H10Cl2N2O2/c1-5-2-8(5)13-9-3-6(11)7(12)4-10(9)14(15)16/h3-5,8,13H,2H2,1H3. The minimum atomic E-state index is -0.461. The quantitative estimate of drug-likeness (QED) is 0.666. The Morgan fingerprint density at radius 2 is 2.00 bits per heavy atom. The first-order chi connectivity index (χ1) is 7.49. The summed E-state index contributed by atoms with van der Waals surface area (Å²) < 4.78 is 0. The van der Waals surface area contributed by atoms with Crippen LogP contribution in [0.4, 0.5) is 11.4 Å². The van der Waals surface area contributed by atoms with E-state index in [4.69, 9.17) is 23.2 Å². The molecule has 1 fully saturated rings. The maximum atomic E-state index is 10.8. The number of benzene rings is 1. The van der Waals surface area contributed by atoms with Crippen LogP contribution in [0.2, 0.25) is 10.0 Å². The number of nitro benzene ring substituents is 1. The Bertz CT molecular complexity index is 451. The number of nitrogens with zero attached hydrogens (tertiary/aromatic N) is 1. The number of nitrogens with one attached hydrogen (secondary N) is 1. The van der Waals surface area contributed by atoms with Crippen LogP contribution in [0.25, 0.3) is 0 Å². The minimum Gasteiger partial charge on any atom is -0.376 e. The molecule has 0 heterocycles. The van der Waals surface area contributed by atoms with Crippen LogP contribution in [0.1, 0.15) is 13.3 Å². The van der Waals surface area contributed by atoms with Crippen molar-refractivity contribution in [3.8, 4) is 0 Å². The van der Waals surface area contributed by atoms with Gasteiger partial charge in [0.1, 0.15) is 5.69 Å². The summed E-state index contributed by atoms with van der Waals surface area (Å²) >= 11 is 11.6. The summed E-state index contributed by atoms with van der Waals surface area (Å²) in [6.07, 6.45) is 1.03. The van der Waals surface area contributed by atoms with E-state index >= 15 is 0 Å². The number of nitro groups is 1. The Morgan fingerprint density at radius 1 is 1.44 bits per heavy atom. The summed E-state index contributed by atoms with van der Waals surface area (Å²) in [6, 6.07) is 3.09. The Hall–Kier alpha value is -1.00. The van der Waals surface area contributed by atoms with Gasteiger partial charge in [-0.15, -0.1) is 0 Å². The average Bonchev–Trinajstić information content (AvgIpc) is 2.87. The zero-order valence-electron chi connectivity index (χ0n) is 8.54. The predicted molar refractivity (Wildman–Crippen MR) is 64.3 cm³/mol. The molecule has 1 aliphatic rings.